The fourth-order valence-corrected chi connectivity index (χ4v) is 4.00. The van der Waals surface area contributed by atoms with Gasteiger partial charge in [-0.1, -0.05) is 36.4 Å². The van der Waals surface area contributed by atoms with Crippen molar-refractivity contribution < 1.29 is 19.6 Å². The van der Waals surface area contributed by atoms with Crippen molar-refractivity contribution >= 4 is 51.7 Å². The van der Waals surface area contributed by atoms with Gasteiger partial charge in [0.05, 0.1) is 16.5 Å². The van der Waals surface area contributed by atoms with Crippen molar-refractivity contribution in [2.24, 2.45) is 0 Å². The summed E-state index contributed by atoms with van der Waals surface area (Å²) in [6, 6.07) is 20.9. The number of anilines is 1. The van der Waals surface area contributed by atoms with E-state index in [4.69, 9.17) is 0 Å². The number of halogens is 1. The molecule has 1 aliphatic heterocycles. The Bertz CT molecular complexity index is 1280. The van der Waals surface area contributed by atoms with E-state index in [1.165, 1.54) is 35.2 Å². The number of nitrogens with zero attached hydrogens (tertiary/aromatic N) is 2. The molecule has 7 nitrogen and oxygen atoms in total. The van der Waals surface area contributed by atoms with Crippen LogP contribution >= 0.6 is 22.6 Å². The third-order valence-corrected chi connectivity index (χ3v) is 5.94. The number of carbonyl (C=O) groups excluding carboxylic acids is 2. The number of amides is 1. The maximum atomic E-state index is 13.2. The van der Waals surface area contributed by atoms with Gasteiger partial charge in [0.1, 0.15) is 0 Å². The largest absolute Gasteiger partial charge is 0.503 e. The van der Waals surface area contributed by atoms with Crippen LogP contribution in [0.15, 0.2) is 96.3 Å². The molecule has 8 heteroatoms. The van der Waals surface area contributed by atoms with E-state index in [0.717, 1.165) is 9.13 Å². The number of allylic oxidation sites excluding steroid dienone is 1. The Balaban J connectivity index is 1.79. The number of aliphatic hydroxyl groups excluding tert-OH is 1. The monoisotopic (exact) mass is 552 g/mol. The predicted molar refractivity (Wildman–Crippen MR) is 133 cm³/mol. The molecule has 1 atom stereocenters. The summed E-state index contributed by atoms with van der Waals surface area (Å²) < 4.78 is 0.953. The molecule has 0 saturated heterocycles. The molecule has 3 aromatic rings. The van der Waals surface area contributed by atoms with Gasteiger partial charge in [-0.15, -0.1) is 0 Å². The van der Waals surface area contributed by atoms with Crippen LogP contribution in [-0.4, -0.2) is 21.7 Å². The second kappa shape index (κ2) is 9.37. The molecule has 0 spiro atoms. The van der Waals surface area contributed by atoms with Gasteiger partial charge in [0, 0.05) is 21.4 Å². The average molecular weight is 552 g/mol. The number of aliphatic hydroxyl groups is 1. The lowest BCUT2D eigenvalue weighted by molar-refractivity contribution is -0.384. The second-order valence-electron chi connectivity index (χ2n) is 7.27. The molecule has 1 unspecified atom stereocenters. The Kier molecular flexibility index (Phi) is 6.36. The zero-order valence-electron chi connectivity index (χ0n) is 17.1. The number of hydrogen-bond acceptors (Lipinski definition) is 5. The number of benzene rings is 3. The molecule has 0 aliphatic carbocycles. The van der Waals surface area contributed by atoms with Crippen LogP contribution in [0.3, 0.4) is 0 Å². The van der Waals surface area contributed by atoms with Gasteiger partial charge in [-0.05, 0) is 76.2 Å². The Morgan fingerprint density at radius 2 is 1.64 bits per heavy atom. The zero-order valence-corrected chi connectivity index (χ0v) is 19.2. The third kappa shape index (κ3) is 4.56. The van der Waals surface area contributed by atoms with Gasteiger partial charge in [0.2, 0.25) is 0 Å². The van der Waals surface area contributed by atoms with Crippen LogP contribution in [0, 0.1) is 13.7 Å². The van der Waals surface area contributed by atoms with E-state index in [9.17, 15) is 24.8 Å². The van der Waals surface area contributed by atoms with E-state index in [1.54, 1.807) is 18.2 Å². The molecule has 33 heavy (non-hydrogen) atoms. The van der Waals surface area contributed by atoms with E-state index in [2.05, 4.69) is 22.6 Å². The Morgan fingerprint density at radius 1 is 1.00 bits per heavy atom. The van der Waals surface area contributed by atoms with E-state index in [0.29, 0.717) is 11.3 Å². The highest BCUT2D eigenvalue weighted by atomic mass is 127. The highest BCUT2D eigenvalue weighted by molar-refractivity contribution is 14.1. The number of carbonyl (C=O) groups is 2. The lowest BCUT2D eigenvalue weighted by Gasteiger charge is -2.26. The van der Waals surface area contributed by atoms with Crippen LogP contribution in [-0.2, 0) is 9.59 Å². The van der Waals surface area contributed by atoms with E-state index in [-0.39, 0.29) is 11.3 Å². The van der Waals surface area contributed by atoms with E-state index in [1.807, 2.05) is 42.5 Å². The van der Waals surface area contributed by atoms with Gasteiger partial charge in [-0.3, -0.25) is 24.6 Å². The third-order valence-electron chi connectivity index (χ3n) is 5.22. The number of nitro groups is 1. The van der Waals surface area contributed by atoms with Crippen molar-refractivity contribution in [3.63, 3.8) is 0 Å². The SMILES string of the molecule is O=C(C=Cc1ccccc1)C1=C(O)C(=O)N(c2ccc(I)cc2)C1c1ccc([N+](=O)[O-])cc1. The summed E-state index contributed by atoms with van der Waals surface area (Å²) in [5, 5.41) is 21.8. The first kappa shape index (κ1) is 22.4. The summed E-state index contributed by atoms with van der Waals surface area (Å²) in [7, 11) is 0. The molecular formula is C25H17IN2O5. The summed E-state index contributed by atoms with van der Waals surface area (Å²) in [4.78, 5) is 38.1. The van der Waals surface area contributed by atoms with Gasteiger partial charge >= 0.3 is 0 Å². The lowest BCUT2D eigenvalue weighted by Crippen LogP contribution is -2.30. The number of non-ortho nitro benzene ring substituents is 1. The smallest absolute Gasteiger partial charge is 0.294 e. The molecular weight excluding hydrogens is 535 g/mol. The number of hydrogen-bond donors (Lipinski definition) is 1. The molecule has 1 aliphatic rings. The molecule has 0 saturated carbocycles. The molecule has 1 heterocycles. The van der Waals surface area contributed by atoms with E-state index < -0.39 is 28.4 Å². The minimum absolute atomic E-state index is 0.0837. The number of rotatable bonds is 6. The van der Waals surface area contributed by atoms with Gasteiger partial charge in [0.25, 0.3) is 11.6 Å². The zero-order chi connectivity index (χ0) is 23.5. The highest BCUT2D eigenvalue weighted by Crippen LogP contribution is 2.41. The fraction of sp³-hybridized carbons (Fsp3) is 0.0400. The second-order valence-corrected chi connectivity index (χ2v) is 8.52. The van der Waals surface area contributed by atoms with E-state index >= 15 is 0 Å². The minimum Gasteiger partial charge on any atom is -0.503 e. The summed E-state index contributed by atoms with van der Waals surface area (Å²) >= 11 is 2.14. The van der Waals surface area contributed by atoms with Gasteiger partial charge in [-0.2, -0.15) is 0 Å². The van der Waals surface area contributed by atoms with Crippen LogP contribution in [0.1, 0.15) is 17.2 Å². The van der Waals surface area contributed by atoms with Crippen LogP contribution in [0.5, 0.6) is 0 Å². The molecule has 4 rings (SSSR count). The lowest BCUT2D eigenvalue weighted by atomic mass is 9.95. The molecule has 0 fully saturated rings. The molecule has 1 amide bonds. The van der Waals surface area contributed by atoms with Gasteiger partial charge < -0.3 is 5.11 Å². The fourth-order valence-electron chi connectivity index (χ4n) is 3.64. The molecule has 1 N–H and O–H groups in total. The van der Waals surface area contributed by atoms with Crippen molar-refractivity contribution in [3.8, 4) is 0 Å². The molecule has 0 radical (unpaired) electrons. The first-order valence-corrected chi connectivity index (χ1v) is 11.0. The first-order chi connectivity index (χ1) is 15.9. The topological polar surface area (TPSA) is 101 Å². The Morgan fingerprint density at radius 3 is 2.24 bits per heavy atom. The quantitative estimate of drug-likeness (QED) is 0.192. The van der Waals surface area contributed by atoms with Crippen molar-refractivity contribution in [1.82, 2.24) is 0 Å². The first-order valence-electron chi connectivity index (χ1n) is 9.91. The summed E-state index contributed by atoms with van der Waals surface area (Å²) in [5.74, 6) is -1.88. The van der Waals surface area contributed by atoms with Crippen LogP contribution < -0.4 is 4.90 Å². The minimum atomic E-state index is -0.939. The van der Waals surface area contributed by atoms with Crippen molar-refractivity contribution in [2.45, 2.75) is 6.04 Å². The highest BCUT2D eigenvalue weighted by Gasteiger charge is 2.43. The maximum Gasteiger partial charge on any atom is 0.294 e. The standard InChI is InChI=1S/C25H17IN2O5/c26-18-9-13-19(14-10-18)27-23(17-7-11-20(12-8-17)28(32)33)22(24(30)25(27)31)21(29)15-6-16-4-2-1-3-5-16/h1-15,23,30H. The predicted octanol–water partition coefficient (Wildman–Crippen LogP) is 5.38. The molecule has 0 bridgehead atoms. The summed E-state index contributed by atoms with van der Waals surface area (Å²) in [5.41, 5.74) is 1.54. The van der Waals surface area contributed by atoms with Crippen LogP contribution in [0.25, 0.3) is 6.08 Å². The molecule has 3 aromatic carbocycles. The van der Waals surface area contributed by atoms with Crippen molar-refractivity contribution in [2.75, 3.05) is 4.90 Å². The molecule has 164 valence electrons. The van der Waals surface area contributed by atoms with Crippen LogP contribution in [0.2, 0.25) is 0 Å². The normalized spacial score (nSPS) is 16.0. The summed E-state index contributed by atoms with van der Waals surface area (Å²) in [6.45, 7) is 0. The van der Waals surface area contributed by atoms with Crippen LogP contribution in [0.4, 0.5) is 11.4 Å². The maximum absolute atomic E-state index is 13.2. The van der Waals surface area contributed by atoms with Gasteiger partial charge in [-0.25, -0.2) is 0 Å². The summed E-state index contributed by atoms with van der Waals surface area (Å²) in [6.07, 6.45) is 2.91. The Labute approximate surface area is 203 Å². The number of nitro benzene ring substituents is 1. The Hall–Kier alpha value is -3.79. The van der Waals surface area contributed by atoms with Crippen molar-refractivity contribution in [3.05, 3.63) is 121 Å². The average Bonchev–Trinajstić information content (AvgIpc) is 3.09. The van der Waals surface area contributed by atoms with Gasteiger partial charge in [0.15, 0.2) is 11.5 Å². The molecule has 0 aromatic heterocycles. The number of ketones is 1. The van der Waals surface area contributed by atoms with Crippen molar-refractivity contribution in [1.29, 1.82) is 0 Å².